The third-order valence-electron chi connectivity index (χ3n) is 4.61. The third kappa shape index (κ3) is 4.04. The van der Waals surface area contributed by atoms with Crippen molar-refractivity contribution in [3.05, 3.63) is 84.4 Å². The summed E-state index contributed by atoms with van der Waals surface area (Å²) in [5.41, 5.74) is -4.58. The van der Waals surface area contributed by atoms with Crippen LogP contribution in [0.25, 0.3) is 21.5 Å². The number of benzene rings is 4. The monoisotopic (exact) mass is 431 g/mol. The highest BCUT2D eigenvalue weighted by molar-refractivity contribution is 7.93. The zero-order valence-corrected chi connectivity index (χ0v) is 16.3. The van der Waals surface area contributed by atoms with Crippen molar-refractivity contribution in [1.82, 2.24) is 0 Å². The van der Waals surface area contributed by atoms with E-state index in [1.54, 1.807) is 22.9 Å². The molecule has 0 aliphatic rings. The minimum absolute atomic E-state index is 0.175. The van der Waals surface area contributed by atoms with E-state index >= 15 is 0 Å². The number of alkyl halides is 3. The summed E-state index contributed by atoms with van der Waals surface area (Å²) in [4.78, 5) is 0. The van der Waals surface area contributed by atoms with Crippen LogP contribution < -0.4 is 9.46 Å². The maximum Gasteiger partial charge on any atom is 0.516 e. The zero-order valence-electron chi connectivity index (χ0n) is 15.5. The summed E-state index contributed by atoms with van der Waals surface area (Å²) in [6.07, 6.45) is 0. The maximum atomic E-state index is 12.6. The molecule has 0 heterocycles. The minimum atomic E-state index is -5.48. The van der Waals surface area contributed by atoms with Crippen molar-refractivity contribution in [2.75, 3.05) is 4.72 Å². The zero-order chi connectivity index (χ0) is 21.4. The van der Waals surface area contributed by atoms with Crippen LogP contribution >= 0.6 is 0 Å². The molecule has 0 fully saturated rings. The normalized spacial score (nSPS) is 12.2. The van der Waals surface area contributed by atoms with Crippen LogP contribution in [0.5, 0.6) is 5.75 Å². The van der Waals surface area contributed by atoms with Gasteiger partial charge >= 0.3 is 15.5 Å². The number of halogens is 3. The molecule has 0 bridgehead atoms. The Balaban J connectivity index is 1.57. The first-order chi connectivity index (χ1) is 14.2. The molecule has 0 spiro atoms. The number of fused-ring (bicyclic) bond motifs is 2. The molecule has 30 heavy (non-hydrogen) atoms. The second-order valence-corrected chi connectivity index (χ2v) is 8.39. The molecule has 4 nitrogen and oxygen atoms in total. The van der Waals surface area contributed by atoms with E-state index in [1.807, 2.05) is 42.5 Å². The van der Waals surface area contributed by atoms with E-state index in [4.69, 9.17) is 4.74 Å². The lowest BCUT2D eigenvalue weighted by Crippen LogP contribution is -2.29. The summed E-state index contributed by atoms with van der Waals surface area (Å²) >= 11 is 0. The van der Waals surface area contributed by atoms with Gasteiger partial charge in [-0.1, -0.05) is 48.5 Å². The Kier molecular flexibility index (Phi) is 5.03. The van der Waals surface area contributed by atoms with Crippen LogP contribution in [0.15, 0.2) is 78.9 Å². The number of rotatable bonds is 5. The molecule has 1 N–H and O–H groups in total. The average Bonchev–Trinajstić information content (AvgIpc) is 2.70. The molecule has 0 aromatic heterocycles. The highest BCUT2D eigenvalue weighted by atomic mass is 32.2. The molecule has 0 aliphatic heterocycles. The van der Waals surface area contributed by atoms with E-state index < -0.39 is 15.5 Å². The first kappa shape index (κ1) is 20.0. The van der Waals surface area contributed by atoms with Crippen molar-refractivity contribution in [3.8, 4) is 5.75 Å². The highest BCUT2D eigenvalue weighted by Gasteiger charge is 2.46. The molecular weight excluding hydrogens is 415 g/mol. The number of ether oxygens (including phenoxy) is 1. The molecule has 8 heteroatoms. The molecule has 0 saturated carbocycles. The van der Waals surface area contributed by atoms with Gasteiger partial charge in [-0.15, -0.1) is 0 Å². The van der Waals surface area contributed by atoms with Crippen LogP contribution in [0, 0.1) is 0 Å². The quantitative estimate of drug-likeness (QED) is 0.432. The first-order valence-corrected chi connectivity index (χ1v) is 10.4. The summed E-state index contributed by atoms with van der Waals surface area (Å²) in [5.74, 6) is 0.547. The Bertz CT molecular complexity index is 1330. The molecule has 4 aromatic carbocycles. The molecule has 0 unspecified atom stereocenters. The fraction of sp³-hybridized carbons (Fsp3) is 0.0909. The fourth-order valence-corrected chi connectivity index (χ4v) is 3.70. The Morgan fingerprint density at radius 1 is 0.800 bits per heavy atom. The third-order valence-corrected chi connectivity index (χ3v) is 5.72. The summed E-state index contributed by atoms with van der Waals surface area (Å²) in [6.45, 7) is 0.312. The molecule has 0 atom stereocenters. The molecule has 154 valence electrons. The van der Waals surface area contributed by atoms with Gasteiger partial charge in [-0.05, 0) is 52.1 Å². The molecule has 0 amide bonds. The lowest BCUT2D eigenvalue weighted by atomic mass is 10.1. The molecule has 0 radical (unpaired) electrons. The van der Waals surface area contributed by atoms with E-state index in [9.17, 15) is 21.6 Å². The molecule has 4 aromatic rings. The van der Waals surface area contributed by atoms with Crippen LogP contribution in [0.3, 0.4) is 0 Å². The van der Waals surface area contributed by atoms with Crippen LogP contribution in [0.4, 0.5) is 18.9 Å². The van der Waals surface area contributed by atoms with Gasteiger partial charge in [0.25, 0.3) is 0 Å². The molecule has 4 rings (SSSR count). The Morgan fingerprint density at radius 3 is 2.30 bits per heavy atom. The SMILES string of the molecule is O=S(=O)(Nc1ccc2c(OCc3ccc4ccccc4c3)cccc2c1)C(F)(F)F. The van der Waals surface area contributed by atoms with Gasteiger partial charge in [-0.2, -0.15) is 21.6 Å². The van der Waals surface area contributed by atoms with Gasteiger partial charge in [0.1, 0.15) is 12.4 Å². The lowest BCUT2D eigenvalue weighted by molar-refractivity contribution is -0.0429. The van der Waals surface area contributed by atoms with Crippen LogP contribution in [0.1, 0.15) is 5.56 Å². The van der Waals surface area contributed by atoms with Crippen molar-refractivity contribution in [3.63, 3.8) is 0 Å². The predicted molar refractivity (Wildman–Crippen MR) is 111 cm³/mol. The Morgan fingerprint density at radius 2 is 1.53 bits per heavy atom. The summed E-state index contributed by atoms with van der Waals surface area (Å²) in [5, 5.41) is 3.43. The number of hydrogen-bond donors (Lipinski definition) is 1. The number of sulfonamides is 1. The Hall–Kier alpha value is -3.26. The van der Waals surface area contributed by atoms with Gasteiger partial charge in [0.15, 0.2) is 0 Å². The van der Waals surface area contributed by atoms with E-state index in [1.165, 1.54) is 18.2 Å². The Labute approximate surface area is 171 Å². The molecular formula is C22H16F3NO3S. The van der Waals surface area contributed by atoms with Gasteiger partial charge < -0.3 is 4.74 Å². The average molecular weight is 431 g/mol. The van der Waals surface area contributed by atoms with Gasteiger partial charge in [-0.3, -0.25) is 4.72 Å². The van der Waals surface area contributed by atoms with E-state index in [0.29, 0.717) is 23.1 Å². The fourth-order valence-electron chi connectivity index (χ4n) is 3.15. The number of hydrogen-bond acceptors (Lipinski definition) is 3. The molecule has 0 saturated heterocycles. The second-order valence-electron chi connectivity index (χ2n) is 6.71. The van der Waals surface area contributed by atoms with Crippen molar-refractivity contribution >= 4 is 37.3 Å². The van der Waals surface area contributed by atoms with E-state index in [0.717, 1.165) is 16.3 Å². The summed E-state index contributed by atoms with van der Waals surface area (Å²) in [6, 6.07) is 23.2. The van der Waals surface area contributed by atoms with Gasteiger partial charge in [0.05, 0.1) is 0 Å². The largest absolute Gasteiger partial charge is 0.516 e. The predicted octanol–water partition coefficient (Wildman–Crippen LogP) is 5.83. The molecule has 0 aliphatic carbocycles. The van der Waals surface area contributed by atoms with Gasteiger partial charge in [-0.25, -0.2) is 0 Å². The summed E-state index contributed by atoms with van der Waals surface area (Å²) in [7, 11) is -5.48. The topological polar surface area (TPSA) is 55.4 Å². The van der Waals surface area contributed by atoms with E-state index in [2.05, 4.69) is 0 Å². The van der Waals surface area contributed by atoms with Gasteiger partial charge in [0, 0.05) is 11.1 Å². The van der Waals surface area contributed by atoms with Crippen molar-refractivity contribution < 1.29 is 26.3 Å². The number of nitrogens with one attached hydrogen (secondary N) is 1. The maximum absolute atomic E-state index is 12.6. The summed E-state index contributed by atoms with van der Waals surface area (Å²) < 4.78 is 67.9. The van der Waals surface area contributed by atoms with Crippen LogP contribution in [-0.4, -0.2) is 13.9 Å². The van der Waals surface area contributed by atoms with Crippen LogP contribution in [0.2, 0.25) is 0 Å². The van der Waals surface area contributed by atoms with Crippen molar-refractivity contribution in [2.24, 2.45) is 0 Å². The van der Waals surface area contributed by atoms with Crippen LogP contribution in [-0.2, 0) is 16.6 Å². The van der Waals surface area contributed by atoms with Crippen molar-refractivity contribution in [2.45, 2.75) is 12.1 Å². The van der Waals surface area contributed by atoms with Crippen molar-refractivity contribution in [1.29, 1.82) is 0 Å². The number of anilines is 1. The second kappa shape index (κ2) is 7.53. The highest BCUT2D eigenvalue weighted by Crippen LogP contribution is 2.31. The first-order valence-electron chi connectivity index (χ1n) is 8.95. The smallest absolute Gasteiger partial charge is 0.488 e. The lowest BCUT2D eigenvalue weighted by Gasteiger charge is -2.13. The minimum Gasteiger partial charge on any atom is -0.488 e. The standard InChI is InChI=1S/C22H16F3NO3S/c23-22(24,25)30(27,28)26-19-10-11-20-18(13-19)6-3-7-21(20)29-14-15-8-9-16-4-1-2-5-17(16)12-15/h1-13,26H,14H2. The van der Waals surface area contributed by atoms with Gasteiger partial charge in [0.2, 0.25) is 0 Å². The van der Waals surface area contributed by atoms with E-state index in [-0.39, 0.29) is 5.69 Å².